The maximum atomic E-state index is 12.6. The third-order valence-electron chi connectivity index (χ3n) is 5.04. The zero-order valence-corrected chi connectivity index (χ0v) is 13.2. The van der Waals surface area contributed by atoms with Crippen LogP contribution in [0.1, 0.15) is 38.5 Å². The van der Waals surface area contributed by atoms with Crippen molar-refractivity contribution >= 4 is 15.9 Å². The highest BCUT2D eigenvalue weighted by molar-refractivity contribution is 7.89. The number of amides is 1. The molecular formula is C14H25N3O3S. The van der Waals surface area contributed by atoms with Gasteiger partial charge in [-0.05, 0) is 38.6 Å². The Morgan fingerprint density at radius 2 is 2.05 bits per heavy atom. The van der Waals surface area contributed by atoms with Gasteiger partial charge in [-0.25, -0.2) is 8.42 Å². The Bertz CT molecular complexity index is 488. The van der Waals surface area contributed by atoms with Crippen molar-refractivity contribution in [3.63, 3.8) is 0 Å². The van der Waals surface area contributed by atoms with Crippen molar-refractivity contribution in [3.8, 4) is 0 Å². The van der Waals surface area contributed by atoms with Gasteiger partial charge in [-0.15, -0.1) is 0 Å². The molecule has 0 aliphatic carbocycles. The van der Waals surface area contributed by atoms with E-state index in [4.69, 9.17) is 0 Å². The van der Waals surface area contributed by atoms with Gasteiger partial charge >= 0.3 is 0 Å². The number of rotatable bonds is 4. The molecule has 0 aromatic heterocycles. The van der Waals surface area contributed by atoms with Crippen LogP contribution in [0.25, 0.3) is 0 Å². The highest BCUT2D eigenvalue weighted by atomic mass is 32.2. The third-order valence-corrected chi connectivity index (χ3v) is 6.96. The van der Waals surface area contributed by atoms with E-state index in [0.29, 0.717) is 25.6 Å². The molecule has 0 saturated carbocycles. The maximum absolute atomic E-state index is 12.6. The van der Waals surface area contributed by atoms with Crippen LogP contribution >= 0.6 is 0 Å². The van der Waals surface area contributed by atoms with Crippen molar-refractivity contribution in [3.05, 3.63) is 0 Å². The second-order valence-electron chi connectivity index (χ2n) is 6.42. The van der Waals surface area contributed by atoms with E-state index in [1.54, 1.807) is 4.31 Å². The molecule has 3 unspecified atom stereocenters. The SMILES string of the molecule is O=C1NCC2C1CCCN2S(=O)(=O)CCC1CCCCN1. The van der Waals surface area contributed by atoms with Crippen LogP contribution in [-0.2, 0) is 14.8 Å². The number of sulfonamides is 1. The summed E-state index contributed by atoms with van der Waals surface area (Å²) in [6.07, 6.45) is 5.72. The Morgan fingerprint density at radius 1 is 1.19 bits per heavy atom. The topological polar surface area (TPSA) is 78.5 Å². The number of hydrogen-bond acceptors (Lipinski definition) is 4. The molecule has 3 saturated heterocycles. The van der Waals surface area contributed by atoms with Gasteiger partial charge in [0, 0.05) is 19.1 Å². The summed E-state index contributed by atoms with van der Waals surface area (Å²) in [6.45, 7) is 2.04. The summed E-state index contributed by atoms with van der Waals surface area (Å²) >= 11 is 0. The van der Waals surface area contributed by atoms with Crippen molar-refractivity contribution in [1.82, 2.24) is 14.9 Å². The van der Waals surface area contributed by atoms with Gasteiger partial charge in [0.2, 0.25) is 15.9 Å². The maximum Gasteiger partial charge on any atom is 0.224 e. The second kappa shape index (κ2) is 6.22. The van der Waals surface area contributed by atoms with Crippen molar-refractivity contribution in [2.75, 3.05) is 25.4 Å². The molecule has 21 heavy (non-hydrogen) atoms. The van der Waals surface area contributed by atoms with Crippen molar-refractivity contribution in [1.29, 1.82) is 0 Å². The van der Waals surface area contributed by atoms with Gasteiger partial charge in [0.15, 0.2) is 0 Å². The van der Waals surface area contributed by atoms with Crippen molar-refractivity contribution in [2.24, 2.45) is 5.92 Å². The molecule has 3 atom stereocenters. The first kappa shape index (κ1) is 15.2. The van der Waals surface area contributed by atoms with Crippen LogP contribution in [-0.4, -0.2) is 56.1 Å². The first-order valence-electron chi connectivity index (χ1n) is 8.08. The Hall–Kier alpha value is -0.660. The Morgan fingerprint density at radius 3 is 2.81 bits per heavy atom. The second-order valence-corrected chi connectivity index (χ2v) is 8.46. The molecule has 0 spiro atoms. The number of nitrogens with zero attached hydrogens (tertiary/aromatic N) is 1. The molecule has 0 bridgehead atoms. The summed E-state index contributed by atoms with van der Waals surface area (Å²) in [7, 11) is -3.26. The lowest BCUT2D eigenvalue weighted by atomic mass is 9.93. The fourth-order valence-electron chi connectivity index (χ4n) is 3.84. The molecule has 0 aromatic carbocycles. The predicted octanol–water partition coefficient (Wildman–Crippen LogP) is 0.0588. The van der Waals surface area contributed by atoms with Crippen LogP contribution in [0, 0.1) is 5.92 Å². The number of hydrogen-bond donors (Lipinski definition) is 2. The third kappa shape index (κ3) is 3.24. The van der Waals surface area contributed by atoms with Crippen molar-refractivity contribution < 1.29 is 13.2 Å². The standard InChI is InChI=1S/C14H25N3O3S/c18-14-12-5-3-8-17(13(12)10-16-14)21(19,20)9-6-11-4-1-2-7-15-11/h11-13,15H,1-10H2,(H,16,18). The molecule has 120 valence electrons. The molecule has 2 N–H and O–H groups in total. The van der Waals surface area contributed by atoms with Gasteiger partial charge in [-0.3, -0.25) is 4.79 Å². The number of fused-ring (bicyclic) bond motifs is 1. The van der Waals surface area contributed by atoms with Gasteiger partial charge in [0.1, 0.15) is 0 Å². The molecule has 1 amide bonds. The number of nitrogens with one attached hydrogen (secondary N) is 2. The molecule has 3 aliphatic rings. The number of piperidine rings is 2. The molecule has 0 aromatic rings. The summed E-state index contributed by atoms with van der Waals surface area (Å²) in [4.78, 5) is 11.7. The summed E-state index contributed by atoms with van der Waals surface area (Å²) < 4.78 is 26.9. The molecular weight excluding hydrogens is 290 g/mol. The zero-order valence-electron chi connectivity index (χ0n) is 12.4. The van der Waals surface area contributed by atoms with Gasteiger partial charge < -0.3 is 10.6 Å². The average Bonchev–Trinajstić information content (AvgIpc) is 2.88. The Labute approximate surface area is 126 Å². The predicted molar refractivity (Wildman–Crippen MR) is 80.3 cm³/mol. The van der Waals surface area contributed by atoms with Gasteiger partial charge in [-0.2, -0.15) is 4.31 Å². The highest BCUT2D eigenvalue weighted by Gasteiger charge is 2.45. The molecule has 3 fully saturated rings. The molecule has 0 radical (unpaired) electrons. The smallest absolute Gasteiger partial charge is 0.224 e. The highest BCUT2D eigenvalue weighted by Crippen LogP contribution is 2.30. The van der Waals surface area contributed by atoms with Crippen LogP contribution in [0.4, 0.5) is 0 Å². The molecule has 3 rings (SSSR count). The minimum absolute atomic E-state index is 0.0221. The fourth-order valence-corrected chi connectivity index (χ4v) is 5.69. The first-order valence-corrected chi connectivity index (χ1v) is 9.69. The molecule has 7 heteroatoms. The van der Waals surface area contributed by atoms with E-state index in [-0.39, 0.29) is 23.6 Å². The zero-order chi connectivity index (χ0) is 14.9. The monoisotopic (exact) mass is 315 g/mol. The van der Waals surface area contributed by atoms with Gasteiger partial charge in [-0.1, -0.05) is 6.42 Å². The van der Waals surface area contributed by atoms with Crippen LogP contribution in [0.2, 0.25) is 0 Å². The van der Waals surface area contributed by atoms with E-state index >= 15 is 0 Å². The summed E-state index contributed by atoms with van der Waals surface area (Å²) in [5, 5.41) is 6.21. The van der Waals surface area contributed by atoms with E-state index < -0.39 is 10.0 Å². The Balaban J connectivity index is 1.62. The molecule has 3 heterocycles. The number of carbonyl (C=O) groups is 1. The fraction of sp³-hybridized carbons (Fsp3) is 0.929. The largest absolute Gasteiger partial charge is 0.354 e. The Kier molecular flexibility index (Phi) is 4.51. The van der Waals surface area contributed by atoms with Crippen LogP contribution in [0.3, 0.4) is 0 Å². The van der Waals surface area contributed by atoms with E-state index in [1.165, 1.54) is 12.8 Å². The lowest BCUT2D eigenvalue weighted by Gasteiger charge is -2.35. The normalized spacial score (nSPS) is 34.5. The summed E-state index contributed by atoms with van der Waals surface area (Å²) in [5.41, 5.74) is 0. The lowest BCUT2D eigenvalue weighted by molar-refractivity contribution is -0.123. The molecule has 6 nitrogen and oxygen atoms in total. The quantitative estimate of drug-likeness (QED) is 0.769. The average molecular weight is 315 g/mol. The summed E-state index contributed by atoms with van der Waals surface area (Å²) in [5.74, 6) is 0.0809. The summed E-state index contributed by atoms with van der Waals surface area (Å²) in [6, 6.07) is 0.174. The molecule has 3 aliphatic heterocycles. The van der Waals surface area contributed by atoms with E-state index in [2.05, 4.69) is 10.6 Å². The van der Waals surface area contributed by atoms with Gasteiger partial charge in [0.25, 0.3) is 0 Å². The van der Waals surface area contributed by atoms with Crippen molar-refractivity contribution in [2.45, 2.75) is 50.6 Å². The van der Waals surface area contributed by atoms with Crippen LogP contribution < -0.4 is 10.6 Å². The van der Waals surface area contributed by atoms with E-state index in [1.807, 2.05) is 0 Å². The van der Waals surface area contributed by atoms with Crippen LogP contribution in [0.15, 0.2) is 0 Å². The minimum atomic E-state index is -3.26. The van der Waals surface area contributed by atoms with Crippen LogP contribution in [0.5, 0.6) is 0 Å². The lowest BCUT2D eigenvalue weighted by Crippen LogP contribution is -2.50. The van der Waals surface area contributed by atoms with E-state index in [9.17, 15) is 13.2 Å². The minimum Gasteiger partial charge on any atom is -0.354 e. The van der Waals surface area contributed by atoms with Gasteiger partial charge in [0.05, 0.1) is 17.7 Å². The van der Waals surface area contributed by atoms with E-state index in [0.717, 1.165) is 25.8 Å². The first-order chi connectivity index (χ1) is 10.1. The number of carbonyl (C=O) groups excluding carboxylic acids is 1.